The van der Waals surface area contributed by atoms with E-state index in [1.54, 1.807) is 6.92 Å². The van der Waals surface area contributed by atoms with Crippen LogP contribution in [0.5, 0.6) is 0 Å². The van der Waals surface area contributed by atoms with Crippen LogP contribution in [-0.4, -0.2) is 22.1 Å². The minimum atomic E-state index is -0.886. The summed E-state index contributed by atoms with van der Waals surface area (Å²) in [7, 11) is 0. The fourth-order valence-electron chi connectivity index (χ4n) is 2.60. The summed E-state index contributed by atoms with van der Waals surface area (Å²) in [6.45, 7) is 3.92. The van der Waals surface area contributed by atoms with E-state index in [4.69, 9.17) is 5.11 Å². The Morgan fingerprint density at radius 1 is 1.44 bits per heavy atom. The fourth-order valence-corrected chi connectivity index (χ4v) is 3.50. The Morgan fingerprint density at radius 2 is 2.11 bits per heavy atom. The third-order valence-electron chi connectivity index (χ3n) is 3.70. The molecule has 1 heterocycles. The zero-order chi connectivity index (χ0) is 13.1. The van der Waals surface area contributed by atoms with Crippen molar-refractivity contribution in [3.63, 3.8) is 0 Å². The quantitative estimate of drug-likeness (QED) is 0.877. The molecule has 1 atom stereocenters. The van der Waals surface area contributed by atoms with Crippen LogP contribution in [0.25, 0.3) is 0 Å². The SMILES string of the molecule is Cc1nc(NC(C)C2CCCCC2)sc1C(=O)O. The number of carboxylic acid groups (broad SMARTS) is 1. The summed E-state index contributed by atoms with van der Waals surface area (Å²) in [5, 5.41) is 13.1. The molecule has 1 fully saturated rings. The Labute approximate surface area is 111 Å². The van der Waals surface area contributed by atoms with E-state index in [0.717, 1.165) is 5.13 Å². The van der Waals surface area contributed by atoms with Gasteiger partial charge in [-0.05, 0) is 32.6 Å². The van der Waals surface area contributed by atoms with E-state index in [0.29, 0.717) is 22.5 Å². The number of aromatic carboxylic acids is 1. The molecule has 1 saturated carbocycles. The van der Waals surface area contributed by atoms with E-state index < -0.39 is 5.97 Å². The molecular formula is C13H20N2O2S. The standard InChI is InChI=1S/C13H20N2O2S/c1-8(10-6-4-3-5-7-10)14-13-15-9(2)11(18-13)12(16)17/h8,10H,3-7H2,1-2H3,(H,14,15)(H,16,17). The summed E-state index contributed by atoms with van der Waals surface area (Å²) in [5.41, 5.74) is 0.603. The zero-order valence-corrected chi connectivity index (χ0v) is 11.7. The molecular weight excluding hydrogens is 248 g/mol. The Bertz CT molecular complexity index is 425. The number of rotatable bonds is 4. The fraction of sp³-hybridized carbons (Fsp3) is 0.692. The number of nitrogens with zero attached hydrogens (tertiary/aromatic N) is 1. The molecule has 1 unspecified atom stereocenters. The molecule has 2 N–H and O–H groups in total. The molecule has 1 aromatic heterocycles. The third kappa shape index (κ3) is 3.02. The molecule has 18 heavy (non-hydrogen) atoms. The van der Waals surface area contributed by atoms with Gasteiger partial charge < -0.3 is 10.4 Å². The zero-order valence-electron chi connectivity index (χ0n) is 10.9. The molecule has 100 valence electrons. The van der Waals surface area contributed by atoms with E-state index in [2.05, 4.69) is 17.2 Å². The monoisotopic (exact) mass is 268 g/mol. The van der Waals surface area contributed by atoms with Gasteiger partial charge in [0.2, 0.25) is 0 Å². The van der Waals surface area contributed by atoms with Crippen LogP contribution < -0.4 is 5.32 Å². The maximum Gasteiger partial charge on any atom is 0.347 e. The van der Waals surface area contributed by atoms with Crippen molar-refractivity contribution >= 4 is 22.4 Å². The number of aryl methyl sites for hydroxylation is 1. The molecule has 0 bridgehead atoms. The van der Waals surface area contributed by atoms with Gasteiger partial charge in [0.15, 0.2) is 5.13 Å². The molecule has 0 amide bonds. The summed E-state index contributed by atoms with van der Waals surface area (Å²) in [5.74, 6) is -0.195. The maximum atomic E-state index is 11.0. The van der Waals surface area contributed by atoms with Crippen LogP contribution in [0.2, 0.25) is 0 Å². The second-order valence-electron chi connectivity index (χ2n) is 5.07. The van der Waals surface area contributed by atoms with Crippen molar-refractivity contribution in [3.05, 3.63) is 10.6 Å². The smallest absolute Gasteiger partial charge is 0.347 e. The Morgan fingerprint density at radius 3 is 2.67 bits per heavy atom. The molecule has 0 spiro atoms. The number of hydrogen-bond acceptors (Lipinski definition) is 4. The molecule has 1 aliphatic rings. The van der Waals surface area contributed by atoms with Crippen molar-refractivity contribution in [2.75, 3.05) is 5.32 Å². The second-order valence-corrected chi connectivity index (χ2v) is 6.07. The average Bonchev–Trinajstić information content (AvgIpc) is 2.71. The maximum absolute atomic E-state index is 11.0. The summed E-state index contributed by atoms with van der Waals surface area (Å²) in [6.07, 6.45) is 6.51. The molecule has 0 aromatic carbocycles. The van der Waals surface area contributed by atoms with Gasteiger partial charge >= 0.3 is 5.97 Å². The van der Waals surface area contributed by atoms with Gasteiger partial charge in [0.25, 0.3) is 0 Å². The molecule has 2 rings (SSSR count). The van der Waals surface area contributed by atoms with Gasteiger partial charge in [-0.1, -0.05) is 30.6 Å². The Balaban J connectivity index is 2.00. The van der Waals surface area contributed by atoms with Crippen LogP contribution in [-0.2, 0) is 0 Å². The number of nitrogens with one attached hydrogen (secondary N) is 1. The van der Waals surface area contributed by atoms with E-state index in [-0.39, 0.29) is 0 Å². The number of anilines is 1. The number of thiazole rings is 1. The van der Waals surface area contributed by atoms with E-state index in [1.807, 2.05) is 0 Å². The normalized spacial score (nSPS) is 18.6. The van der Waals surface area contributed by atoms with E-state index >= 15 is 0 Å². The van der Waals surface area contributed by atoms with Gasteiger partial charge in [0.1, 0.15) is 4.88 Å². The molecule has 5 heteroatoms. The van der Waals surface area contributed by atoms with Crippen molar-refractivity contribution in [2.24, 2.45) is 5.92 Å². The summed E-state index contributed by atoms with van der Waals surface area (Å²) < 4.78 is 0. The van der Waals surface area contributed by atoms with Crippen molar-refractivity contribution < 1.29 is 9.90 Å². The van der Waals surface area contributed by atoms with Crippen molar-refractivity contribution in [1.29, 1.82) is 0 Å². The minimum Gasteiger partial charge on any atom is -0.477 e. The van der Waals surface area contributed by atoms with E-state index in [9.17, 15) is 4.79 Å². The van der Waals surface area contributed by atoms with Gasteiger partial charge in [-0.25, -0.2) is 9.78 Å². The highest BCUT2D eigenvalue weighted by atomic mass is 32.1. The highest BCUT2D eigenvalue weighted by Gasteiger charge is 2.22. The molecule has 0 saturated heterocycles. The Kier molecular flexibility index (Phi) is 4.22. The van der Waals surface area contributed by atoms with Crippen molar-refractivity contribution in [3.8, 4) is 0 Å². The number of aromatic nitrogens is 1. The number of carbonyl (C=O) groups is 1. The number of carboxylic acids is 1. The first-order chi connectivity index (χ1) is 8.58. The van der Waals surface area contributed by atoms with Gasteiger partial charge in [-0.2, -0.15) is 0 Å². The van der Waals surface area contributed by atoms with Crippen LogP contribution in [0, 0.1) is 12.8 Å². The van der Waals surface area contributed by atoms with Gasteiger partial charge in [0, 0.05) is 6.04 Å². The van der Waals surface area contributed by atoms with Crippen molar-refractivity contribution in [1.82, 2.24) is 4.98 Å². The molecule has 1 aliphatic carbocycles. The lowest BCUT2D eigenvalue weighted by Crippen LogP contribution is -2.27. The summed E-state index contributed by atoms with van der Waals surface area (Å²) in [6, 6.07) is 0.373. The largest absolute Gasteiger partial charge is 0.477 e. The predicted octanol–water partition coefficient (Wildman–Crippen LogP) is 3.53. The molecule has 4 nitrogen and oxygen atoms in total. The highest BCUT2D eigenvalue weighted by Crippen LogP contribution is 2.30. The van der Waals surface area contributed by atoms with Gasteiger partial charge in [-0.15, -0.1) is 0 Å². The lowest BCUT2D eigenvalue weighted by molar-refractivity contribution is 0.0701. The average molecular weight is 268 g/mol. The van der Waals surface area contributed by atoms with Crippen molar-refractivity contribution in [2.45, 2.75) is 52.0 Å². The lowest BCUT2D eigenvalue weighted by atomic mass is 9.85. The minimum absolute atomic E-state index is 0.341. The van der Waals surface area contributed by atoms with Crippen LogP contribution in [0.3, 0.4) is 0 Å². The third-order valence-corrected chi connectivity index (χ3v) is 4.78. The topological polar surface area (TPSA) is 62.2 Å². The first kappa shape index (κ1) is 13.3. The molecule has 0 radical (unpaired) electrons. The predicted molar refractivity (Wildman–Crippen MR) is 73.5 cm³/mol. The first-order valence-electron chi connectivity index (χ1n) is 6.55. The summed E-state index contributed by atoms with van der Waals surface area (Å²) in [4.78, 5) is 15.6. The molecule has 1 aromatic rings. The van der Waals surface area contributed by atoms with Crippen LogP contribution in [0.1, 0.15) is 54.4 Å². The Hall–Kier alpha value is -1.10. The lowest BCUT2D eigenvalue weighted by Gasteiger charge is -2.28. The van der Waals surface area contributed by atoms with Crippen LogP contribution in [0.4, 0.5) is 5.13 Å². The second kappa shape index (κ2) is 5.69. The van der Waals surface area contributed by atoms with Crippen LogP contribution >= 0.6 is 11.3 Å². The summed E-state index contributed by atoms with van der Waals surface area (Å²) >= 11 is 1.24. The molecule has 0 aliphatic heterocycles. The van der Waals surface area contributed by atoms with E-state index in [1.165, 1.54) is 43.4 Å². The van der Waals surface area contributed by atoms with Gasteiger partial charge in [0.05, 0.1) is 5.69 Å². The van der Waals surface area contributed by atoms with Gasteiger partial charge in [-0.3, -0.25) is 0 Å². The highest BCUT2D eigenvalue weighted by molar-refractivity contribution is 7.17. The number of hydrogen-bond donors (Lipinski definition) is 2. The first-order valence-corrected chi connectivity index (χ1v) is 7.37. The van der Waals surface area contributed by atoms with Crippen LogP contribution in [0.15, 0.2) is 0 Å².